The Labute approximate surface area is 66.3 Å². The zero-order valence-corrected chi connectivity index (χ0v) is 7.18. The molecule has 0 aliphatic heterocycles. The number of hydrogen-bond acceptors (Lipinski definition) is 2. The maximum atomic E-state index is 5.25. The molecule has 0 spiro atoms. The van der Waals surface area contributed by atoms with Crippen LogP contribution in [0.15, 0.2) is 21.8 Å². The minimum absolute atomic E-state index is 0.859. The van der Waals surface area contributed by atoms with Crippen molar-refractivity contribution in [2.45, 2.75) is 13.8 Å². The Kier molecular flexibility index (Phi) is 4.85. The van der Waals surface area contributed by atoms with Gasteiger partial charge in [-0.15, -0.1) is 0 Å². The van der Waals surface area contributed by atoms with Gasteiger partial charge in [-0.1, -0.05) is 11.6 Å². The molecule has 0 bridgehead atoms. The molecule has 0 fully saturated rings. The van der Waals surface area contributed by atoms with E-state index in [-0.39, 0.29) is 0 Å². The number of aliphatic imine (C=N–C) groups is 2. The van der Waals surface area contributed by atoms with E-state index < -0.39 is 0 Å². The number of hydrogen-bond donors (Lipinski definition) is 0. The molecule has 3 heteroatoms. The van der Waals surface area contributed by atoms with Crippen LogP contribution in [0.5, 0.6) is 0 Å². The third-order valence-electron chi connectivity index (χ3n) is 1.02. The van der Waals surface area contributed by atoms with E-state index in [1.54, 1.807) is 7.05 Å². The van der Waals surface area contributed by atoms with Gasteiger partial charge in [0.15, 0.2) is 0 Å². The van der Waals surface area contributed by atoms with Crippen LogP contribution < -0.4 is 0 Å². The standard InChI is InChI=1S/C7H11ClN2/c1-6(9-3)4-7(2)10-5-8/h4-5H,1-3H3/b7-4-,9-6-,10-5+. The third-order valence-corrected chi connectivity index (χ3v) is 1.12. The molecule has 0 saturated carbocycles. The fourth-order valence-corrected chi connectivity index (χ4v) is 0.635. The maximum Gasteiger partial charge on any atom is 0.0929 e. The van der Waals surface area contributed by atoms with E-state index in [1.165, 1.54) is 5.67 Å². The summed E-state index contributed by atoms with van der Waals surface area (Å²) >= 11 is 5.25. The first-order chi connectivity index (χ1) is 4.70. The Morgan fingerprint density at radius 2 is 2.00 bits per heavy atom. The van der Waals surface area contributed by atoms with Gasteiger partial charge in [-0.2, -0.15) is 0 Å². The van der Waals surface area contributed by atoms with Gasteiger partial charge in [0.2, 0.25) is 0 Å². The van der Waals surface area contributed by atoms with Crippen molar-refractivity contribution in [2.24, 2.45) is 9.98 Å². The van der Waals surface area contributed by atoms with Crippen molar-refractivity contribution >= 4 is 23.0 Å². The molecule has 0 unspecified atom stereocenters. The highest BCUT2D eigenvalue weighted by molar-refractivity contribution is 6.56. The third kappa shape index (κ3) is 4.27. The summed E-state index contributed by atoms with van der Waals surface area (Å²) < 4.78 is 0. The van der Waals surface area contributed by atoms with Gasteiger partial charge in [-0.05, 0) is 19.9 Å². The van der Waals surface area contributed by atoms with Crippen LogP contribution in [0.3, 0.4) is 0 Å². The summed E-state index contributed by atoms with van der Waals surface area (Å²) in [6.07, 6.45) is 1.86. The predicted molar refractivity (Wildman–Crippen MR) is 47.1 cm³/mol. The molecule has 10 heavy (non-hydrogen) atoms. The summed E-state index contributed by atoms with van der Waals surface area (Å²) in [5.74, 6) is 0. The van der Waals surface area contributed by atoms with Crippen LogP contribution in [0, 0.1) is 0 Å². The summed E-state index contributed by atoms with van der Waals surface area (Å²) in [6.45, 7) is 3.78. The lowest BCUT2D eigenvalue weighted by molar-refractivity contribution is 1.32. The number of allylic oxidation sites excluding steroid dienone is 2. The molecule has 2 nitrogen and oxygen atoms in total. The van der Waals surface area contributed by atoms with Crippen molar-refractivity contribution in [1.29, 1.82) is 0 Å². The summed E-state index contributed by atoms with van der Waals surface area (Å²) in [6, 6.07) is 0. The molecule has 56 valence electrons. The molecule has 0 aliphatic carbocycles. The fourth-order valence-electron chi connectivity index (χ4n) is 0.481. The highest BCUT2D eigenvalue weighted by atomic mass is 35.5. The summed E-state index contributed by atoms with van der Waals surface area (Å²) in [4.78, 5) is 7.77. The summed E-state index contributed by atoms with van der Waals surface area (Å²) in [5.41, 5.74) is 3.05. The number of nitrogens with zero attached hydrogens (tertiary/aromatic N) is 2. The van der Waals surface area contributed by atoms with Gasteiger partial charge < -0.3 is 0 Å². The highest BCUT2D eigenvalue weighted by Gasteiger charge is 1.83. The van der Waals surface area contributed by atoms with E-state index >= 15 is 0 Å². The Bertz CT molecular complexity index is 180. The van der Waals surface area contributed by atoms with E-state index in [0.717, 1.165) is 11.4 Å². The molecule has 0 aromatic rings. The summed E-state index contributed by atoms with van der Waals surface area (Å²) in [5, 5.41) is 0. The Balaban J connectivity index is 4.16. The van der Waals surface area contributed by atoms with Gasteiger partial charge in [0.25, 0.3) is 0 Å². The SMILES string of the molecule is C\N=C(C)/C=C(C)\N=C\Cl. The van der Waals surface area contributed by atoms with E-state index in [2.05, 4.69) is 9.98 Å². The molecular formula is C7H11ClN2. The smallest absolute Gasteiger partial charge is 0.0929 e. The highest BCUT2D eigenvalue weighted by Crippen LogP contribution is 1.94. The van der Waals surface area contributed by atoms with E-state index in [9.17, 15) is 0 Å². The molecule has 0 rings (SSSR count). The molecule has 0 amide bonds. The first-order valence-electron chi connectivity index (χ1n) is 2.95. The largest absolute Gasteiger partial charge is 0.293 e. The summed E-state index contributed by atoms with van der Waals surface area (Å²) in [7, 11) is 1.74. The normalized spacial score (nSPS) is 14.8. The zero-order valence-electron chi connectivity index (χ0n) is 6.43. The minimum atomic E-state index is 0.859. The first-order valence-corrected chi connectivity index (χ1v) is 3.38. The second-order valence-corrected chi connectivity index (χ2v) is 2.07. The molecule has 0 radical (unpaired) electrons. The second-order valence-electron chi connectivity index (χ2n) is 1.88. The van der Waals surface area contributed by atoms with Crippen molar-refractivity contribution in [3.63, 3.8) is 0 Å². The lowest BCUT2D eigenvalue weighted by Crippen LogP contribution is -1.84. The van der Waals surface area contributed by atoms with Crippen molar-refractivity contribution in [1.82, 2.24) is 0 Å². The Morgan fingerprint density at radius 3 is 2.40 bits per heavy atom. The number of rotatable bonds is 2. The Hall–Kier alpha value is -0.630. The van der Waals surface area contributed by atoms with Gasteiger partial charge in [0.1, 0.15) is 0 Å². The van der Waals surface area contributed by atoms with E-state index in [0.29, 0.717) is 0 Å². The van der Waals surface area contributed by atoms with Crippen LogP contribution >= 0.6 is 11.6 Å². The van der Waals surface area contributed by atoms with Crippen LogP contribution in [-0.2, 0) is 0 Å². The molecule has 0 N–H and O–H groups in total. The molecular weight excluding hydrogens is 148 g/mol. The van der Waals surface area contributed by atoms with Crippen LogP contribution in [0.25, 0.3) is 0 Å². The molecule has 0 aromatic heterocycles. The van der Waals surface area contributed by atoms with Crippen LogP contribution in [-0.4, -0.2) is 18.4 Å². The average Bonchev–Trinajstić information content (AvgIpc) is 1.88. The van der Waals surface area contributed by atoms with Gasteiger partial charge in [-0.3, -0.25) is 4.99 Å². The van der Waals surface area contributed by atoms with Crippen molar-refractivity contribution in [3.05, 3.63) is 11.8 Å². The first kappa shape index (κ1) is 9.37. The van der Waals surface area contributed by atoms with Crippen molar-refractivity contribution in [3.8, 4) is 0 Å². The second kappa shape index (κ2) is 5.18. The van der Waals surface area contributed by atoms with Gasteiger partial charge in [0.05, 0.1) is 5.67 Å². The van der Waals surface area contributed by atoms with Crippen molar-refractivity contribution in [2.75, 3.05) is 7.05 Å². The minimum Gasteiger partial charge on any atom is -0.293 e. The van der Waals surface area contributed by atoms with Crippen molar-refractivity contribution < 1.29 is 0 Å². The van der Waals surface area contributed by atoms with E-state index in [4.69, 9.17) is 11.6 Å². The van der Waals surface area contributed by atoms with Crippen LogP contribution in [0.1, 0.15) is 13.8 Å². The van der Waals surface area contributed by atoms with Gasteiger partial charge in [-0.25, -0.2) is 4.99 Å². The van der Waals surface area contributed by atoms with Gasteiger partial charge in [0, 0.05) is 18.5 Å². The molecule has 0 aliphatic rings. The monoisotopic (exact) mass is 158 g/mol. The lowest BCUT2D eigenvalue weighted by atomic mass is 10.3. The fraction of sp³-hybridized carbons (Fsp3) is 0.429. The van der Waals surface area contributed by atoms with Crippen LogP contribution in [0.4, 0.5) is 0 Å². The predicted octanol–water partition coefficient (Wildman–Crippen LogP) is 2.25. The lowest BCUT2D eigenvalue weighted by Gasteiger charge is -1.89. The molecule has 0 aromatic carbocycles. The van der Waals surface area contributed by atoms with Gasteiger partial charge >= 0.3 is 0 Å². The van der Waals surface area contributed by atoms with Crippen LogP contribution in [0.2, 0.25) is 0 Å². The molecule has 0 saturated heterocycles. The quantitative estimate of drug-likeness (QED) is 0.551. The molecule has 0 heterocycles. The molecule has 0 atom stereocenters. The number of halogens is 1. The maximum absolute atomic E-state index is 5.25. The van der Waals surface area contributed by atoms with E-state index in [1.807, 2.05) is 19.9 Å². The Morgan fingerprint density at radius 1 is 1.40 bits per heavy atom. The zero-order chi connectivity index (χ0) is 7.98. The average molecular weight is 159 g/mol. The topological polar surface area (TPSA) is 24.7 Å².